The molecule has 110 valence electrons. The summed E-state index contributed by atoms with van der Waals surface area (Å²) in [5, 5.41) is 4.45. The van der Waals surface area contributed by atoms with Crippen LogP contribution in [0.1, 0.15) is 5.69 Å². The molecule has 2 N–H and O–H groups in total. The molecular weight excluding hydrogens is 292 g/mol. The number of alkyl halides is 3. The van der Waals surface area contributed by atoms with Crippen LogP contribution in [0.25, 0.3) is 0 Å². The fourth-order valence-electron chi connectivity index (χ4n) is 1.44. The minimum atomic E-state index is -4.61. The Kier molecular flexibility index (Phi) is 4.01. The average Bonchev–Trinajstić information content (AvgIpc) is 2.37. The van der Waals surface area contributed by atoms with Gasteiger partial charge in [-0.15, -0.1) is 0 Å². The van der Waals surface area contributed by atoms with Crippen LogP contribution in [0.4, 0.5) is 33.7 Å². The molecule has 0 aromatic carbocycles. The summed E-state index contributed by atoms with van der Waals surface area (Å²) in [6.07, 6.45) is -2.55. The zero-order valence-electron chi connectivity index (χ0n) is 10.3. The van der Waals surface area contributed by atoms with Gasteiger partial charge in [0.15, 0.2) is 0 Å². The van der Waals surface area contributed by atoms with Gasteiger partial charge in [0.05, 0.1) is 0 Å². The number of carbonyl (C=O) groups is 1. The molecular formula is C12H8F4N4O. The number of amides is 2. The van der Waals surface area contributed by atoms with Crippen molar-refractivity contribution in [3.63, 3.8) is 0 Å². The minimum absolute atomic E-state index is 0.0932. The molecule has 0 spiro atoms. The van der Waals surface area contributed by atoms with E-state index in [0.717, 1.165) is 18.5 Å². The van der Waals surface area contributed by atoms with Crippen molar-refractivity contribution >= 4 is 17.4 Å². The number of rotatable bonds is 2. The molecule has 9 heteroatoms. The molecule has 0 aliphatic rings. The lowest BCUT2D eigenvalue weighted by Gasteiger charge is -2.10. The summed E-state index contributed by atoms with van der Waals surface area (Å²) in [6, 6.07) is 3.36. The van der Waals surface area contributed by atoms with E-state index >= 15 is 0 Å². The molecule has 0 saturated carbocycles. The first-order valence-corrected chi connectivity index (χ1v) is 5.57. The summed E-state index contributed by atoms with van der Waals surface area (Å²) in [6.45, 7) is 0. The van der Waals surface area contributed by atoms with Gasteiger partial charge in [0.1, 0.15) is 5.69 Å². The van der Waals surface area contributed by atoms with E-state index in [2.05, 4.69) is 20.6 Å². The SMILES string of the molecule is O=C(Nc1ccnc(F)c1)Nc1ccnc(C(F)(F)F)c1. The summed E-state index contributed by atoms with van der Waals surface area (Å²) in [5.41, 5.74) is -1.11. The Morgan fingerprint density at radius 3 is 2.14 bits per heavy atom. The summed E-state index contributed by atoms with van der Waals surface area (Å²) < 4.78 is 50.2. The molecule has 0 fully saturated rings. The van der Waals surface area contributed by atoms with E-state index in [4.69, 9.17) is 0 Å². The lowest BCUT2D eigenvalue weighted by molar-refractivity contribution is -0.141. The highest BCUT2D eigenvalue weighted by atomic mass is 19.4. The quantitative estimate of drug-likeness (QED) is 0.660. The number of hydrogen-bond acceptors (Lipinski definition) is 3. The monoisotopic (exact) mass is 300 g/mol. The van der Waals surface area contributed by atoms with Crippen LogP contribution >= 0.6 is 0 Å². The largest absolute Gasteiger partial charge is 0.433 e. The fourth-order valence-corrected chi connectivity index (χ4v) is 1.44. The lowest BCUT2D eigenvalue weighted by atomic mass is 10.3. The number of nitrogens with zero attached hydrogens (tertiary/aromatic N) is 2. The van der Waals surface area contributed by atoms with Gasteiger partial charge in [-0.2, -0.15) is 17.6 Å². The third-order valence-electron chi connectivity index (χ3n) is 2.29. The van der Waals surface area contributed by atoms with Crippen molar-refractivity contribution in [1.82, 2.24) is 9.97 Å². The van der Waals surface area contributed by atoms with Crippen LogP contribution in [0.2, 0.25) is 0 Å². The molecule has 0 aliphatic heterocycles. The van der Waals surface area contributed by atoms with E-state index in [1.165, 1.54) is 12.1 Å². The van der Waals surface area contributed by atoms with E-state index in [9.17, 15) is 22.4 Å². The topological polar surface area (TPSA) is 66.9 Å². The summed E-state index contributed by atoms with van der Waals surface area (Å²) in [5.74, 6) is -0.795. The molecule has 0 atom stereocenters. The second-order valence-corrected chi connectivity index (χ2v) is 3.87. The van der Waals surface area contributed by atoms with Crippen molar-refractivity contribution in [1.29, 1.82) is 0 Å². The summed E-state index contributed by atoms with van der Waals surface area (Å²) >= 11 is 0. The van der Waals surface area contributed by atoms with Gasteiger partial charge in [-0.05, 0) is 18.2 Å². The van der Waals surface area contributed by atoms with Gasteiger partial charge in [0, 0.05) is 29.8 Å². The molecule has 0 radical (unpaired) electrons. The van der Waals surface area contributed by atoms with Gasteiger partial charge in [-0.25, -0.2) is 9.78 Å². The van der Waals surface area contributed by atoms with Crippen LogP contribution in [0.5, 0.6) is 0 Å². The van der Waals surface area contributed by atoms with Crippen molar-refractivity contribution in [2.75, 3.05) is 10.6 Å². The first-order chi connectivity index (χ1) is 9.84. The van der Waals surface area contributed by atoms with E-state index in [1.54, 1.807) is 0 Å². The molecule has 2 heterocycles. The second kappa shape index (κ2) is 5.73. The highest BCUT2D eigenvalue weighted by Gasteiger charge is 2.32. The van der Waals surface area contributed by atoms with Gasteiger partial charge in [-0.3, -0.25) is 4.98 Å². The molecule has 2 amide bonds. The smallest absolute Gasteiger partial charge is 0.308 e. The van der Waals surface area contributed by atoms with Gasteiger partial charge in [-0.1, -0.05) is 0 Å². The van der Waals surface area contributed by atoms with Crippen LogP contribution < -0.4 is 10.6 Å². The molecule has 2 aromatic heterocycles. The first kappa shape index (κ1) is 14.7. The maximum atomic E-state index is 12.8. The third-order valence-corrected chi connectivity index (χ3v) is 2.29. The Hall–Kier alpha value is -2.71. The maximum Gasteiger partial charge on any atom is 0.433 e. The predicted octanol–water partition coefficient (Wildman–Crippen LogP) is 3.28. The average molecular weight is 300 g/mol. The number of nitrogens with one attached hydrogen (secondary N) is 2. The van der Waals surface area contributed by atoms with E-state index in [1.807, 2.05) is 0 Å². The van der Waals surface area contributed by atoms with Gasteiger partial charge >= 0.3 is 12.2 Å². The maximum absolute atomic E-state index is 12.8. The van der Waals surface area contributed by atoms with E-state index in [0.29, 0.717) is 6.07 Å². The summed E-state index contributed by atoms with van der Waals surface area (Å²) in [7, 11) is 0. The number of pyridine rings is 2. The van der Waals surface area contributed by atoms with Crippen LogP contribution in [0.3, 0.4) is 0 Å². The Labute approximate surface area is 116 Å². The van der Waals surface area contributed by atoms with Crippen LogP contribution in [0, 0.1) is 5.95 Å². The highest BCUT2D eigenvalue weighted by molar-refractivity contribution is 5.99. The number of anilines is 2. The first-order valence-electron chi connectivity index (χ1n) is 5.57. The lowest BCUT2D eigenvalue weighted by Crippen LogP contribution is -2.20. The van der Waals surface area contributed by atoms with Crippen LogP contribution in [-0.2, 0) is 6.18 Å². The van der Waals surface area contributed by atoms with Gasteiger partial charge < -0.3 is 10.6 Å². The number of aromatic nitrogens is 2. The number of carbonyl (C=O) groups excluding carboxylic acids is 1. The van der Waals surface area contributed by atoms with E-state index in [-0.39, 0.29) is 11.4 Å². The predicted molar refractivity (Wildman–Crippen MR) is 66.1 cm³/mol. The molecule has 0 unspecified atom stereocenters. The van der Waals surface area contributed by atoms with Crippen LogP contribution in [-0.4, -0.2) is 16.0 Å². The molecule has 0 bridgehead atoms. The molecule has 2 aromatic rings. The van der Waals surface area contributed by atoms with Crippen molar-refractivity contribution in [2.24, 2.45) is 0 Å². The normalized spacial score (nSPS) is 11.0. The number of halogens is 4. The van der Waals surface area contributed by atoms with Gasteiger partial charge in [0.2, 0.25) is 5.95 Å². The Morgan fingerprint density at radius 1 is 1.00 bits per heavy atom. The number of urea groups is 1. The van der Waals surface area contributed by atoms with Crippen molar-refractivity contribution < 1.29 is 22.4 Å². The van der Waals surface area contributed by atoms with E-state index < -0.39 is 23.8 Å². The number of hydrogen-bond donors (Lipinski definition) is 2. The Balaban J connectivity index is 2.06. The standard InChI is InChI=1S/C12H8F4N4O/c13-10-6-8(2-4-18-10)20-11(21)19-7-1-3-17-9(5-7)12(14,15)16/h1-6H,(H2,17,18,19,20,21). The van der Waals surface area contributed by atoms with Crippen LogP contribution in [0.15, 0.2) is 36.7 Å². The zero-order valence-corrected chi connectivity index (χ0v) is 10.3. The molecule has 2 rings (SSSR count). The second-order valence-electron chi connectivity index (χ2n) is 3.87. The third kappa shape index (κ3) is 4.13. The zero-order chi connectivity index (χ0) is 15.5. The molecule has 0 saturated heterocycles. The van der Waals surface area contributed by atoms with Crippen molar-refractivity contribution in [3.05, 3.63) is 48.3 Å². The Morgan fingerprint density at radius 2 is 1.57 bits per heavy atom. The fraction of sp³-hybridized carbons (Fsp3) is 0.0833. The minimum Gasteiger partial charge on any atom is -0.308 e. The summed E-state index contributed by atoms with van der Waals surface area (Å²) in [4.78, 5) is 18.0. The van der Waals surface area contributed by atoms with Crippen molar-refractivity contribution in [3.8, 4) is 0 Å². The molecule has 5 nitrogen and oxygen atoms in total. The van der Waals surface area contributed by atoms with Gasteiger partial charge in [0.25, 0.3) is 0 Å². The highest BCUT2D eigenvalue weighted by Crippen LogP contribution is 2.28. The Bertz CT molecular complexity index is 660. The van der Waals surface area contributed by atoms with Crippen molar-refractivity contribution in [2.45, 2.75) is 6.18 Å². The molecule has 0 aliphatic carbocycles. The molecule has 21 heavy (non-hydrogen) atoms.